The molecule has 224 valence electrons. The second-order valence-corrected chi connectivity index (χ2v) is 12.9. The van der Waals surface area contributed by atoms with Crippen LogP contribution in [0.15, 0.2) is 150 Å². The number of aromatic nitrogens is 4. The second-order valence-electron chi connectivity index (χ2n) is 11.8. The van der Waals surface area contributed by atoms with Crippen molar-refractivity contribution in [2.45, 2.75) is 0 Å². The van der Waals surface area contributed by atoms with Gasteiger partial charge in [-0.15, -0.1) is 11.3 Å². The van der Waals surface area contributed by atoms with Crippen LogP contribution in [0.3, 0.4) is 0 Å². The van der Waals surface area contributed by atoms with Crippen LogP contribution in [0.5, 0.6) is 0 Å². The van der Waals surface area contributed by atoms with Crippen LogP contribution in [0.1, 0.15) is 0 Å². The zero-order valence-electron chi connectivity index (χ0n) is 25.5. The van der Waals surface area contributed by atoms with Gasteiger partial charge in [0.2, 0.25) is 0 Å². The van der Waals surface area contributed by atoms with Crippen molar-refractivity contribution in [1.82, 2.24) is 19.9 Å². The van der Waals surface area contributed by atoms with E-state index in [4.69, 9.17) is 24.4 Å². The molecule has 0 unspecified atom stereocenters. The Morgan fingerprint density at radius 2 is 1.15 bits per heavy atom. The first-order valence-electron chi connectivity index (χ1n) is 15.8. The first-order chi connectivity index (χ1) is 23.8. The van der Waals surface area contributed by atoms with Crippen molar-refractivity contribution in [1.29, 1.82) is 0 Å². The van der Waals surface area contributed by atoms with Crippen molar-refractivity contribution in [3.63, 3.8) is 0 Å². The summed E-state index contributed by atoms with van der Waals surface area (Å²) in [4.78, 5) is 20.5. The van der Waals surface area contributed by atoms with E-state index >= 15 is 0 Å². The Kier molecular flexibility index (Phi) is 5.98. The van der Waals surface area contributed by atoms with Crippen LogP contribution in [0.25, 0.3) is 98.3 Å². The summed E-state index contributed by atoms with van der Waals surface area (Å²) in [5, 5.41) is 6.60. The van der Waals surface area contributed by atoms with Crippen molar-refractivity contribution < 1.29 is 4.42 Å². The Balaban J connectivity index is 1.29. The molecule has 6 aromatic carbocycles. The third-order valence-electron chi connectivity index (χ3n) is 8.96. The van der Waals surface area contributed by atoms with Gasteiger partial charge in [0, 0.05) is 59.4 Å². The van der Waals surface area contributed by atoms with Crippen molar-refractivity contribution in [2.75, 3.05) is 0 Å². The highest BCUT2D eigenvalue weighted by Crippen LogP contribution is 2.43. The fourth-order valence-electron chi connectivity index (χ4n) is 6.70. The van der Waals surface area contributed by atoms with Crippen molar-refractivity contribution in [3.8, 4) is 45.4 Å². The Hall–Kier alpha value is -6.24. The van der Waals surface area contributed by atoms with Crippen LogP contribution in [-0.2, 0) is 0 Å². The molecule has 0 saturated heterocycles. The second kappa shape index (κ2) is 10.7. The van der Waals surface area contributed by atoms with Gasteiger partial charge in [0.15, 0.2) is 23.1 Å². The Labute approximate surface area is 278 Å². The maximum absolute atomic E-state index is 6.70. The van der Waals surface area contributed by atoms with E-state index in [1.54, 1.807) is 11.3 Å². The standard InChI is InChI=1S/C42H24N4OS/c1-3-12-25(13-4-1)37-38-36(32-22-27-16-7-8-17-28(27)23-34(32)47-38)33(24-43-37)42-45-40(26-14-5-2-6-15-26)44-41(46-42)31-20-11-19-30-29-18-9-10-21-35(29)48-39(30)31/h1-24H. The molecule has 4 aromatic heterocycles. The van der Waals surface area contributed by atoms with Gasteiger partial charge >= 0.3 is 0 Å². The van der Waals surface area contributed by atoms with E-state index in [0.29, 0.717) is 23.1 Å². The number of fused-ring (bicyclic) bond motifs is 7. The van der Waals surface area contributed by atoms with Crippen LogP contribution in [-0.4, -0.2) is 19.9 Å². The van der Waals surface area contributed by atoms with Gasteiger partial charge in [0.1, 0.15) is 11.3 Å². The van der Waals surface area contributed by atoms with E-state index in [-0.39, 0.29) is 0 Å². The third-order valence-corrected chi connectivity index (χ3v) is 10.2. The summed E-state index contributed by atoms with van der Waals surface area (Å²) in [5.74, 6) is 1.77. The number of pyridine rings is 1. The molecule has 0 aliphatic rings. The van der Waals surface area contributed by atoms with Gasteiger partial charge in [0.05, 0.1) is 0 Å². The molecule has 0 aliphatic heterocycles. The number of furan rings is 1. The molecule has 0 saturated carbocycles. The summed E-state index contributed by atoms with van der Waals surface area (Å²) >= 11 is 1.77. The van der Waals surface area contributed by atoms with Crippen LogP contribution >= 0.6 is 11.3 Å². The zero-order chi connectivity index (χ0) is 31.6. The molecule has 6 heteroatoms. The number of hydrogen-bond donors (Lipinski definition) is 0. The fourth-order valence-corrected chi connectivity index (χ4v) is 7.91. The van der Waals surface area contributed by atoms with Gasteiger partial charge in [-0.1, -0.05) is 115 Å². The van der Waals surface area contributed by atoms with Gasteiger partial charge in [0.25, 0.3) is 0 Å². The van der Waals surface area contributed by atoms with E-state index in [2.05, 4.69) is 84.9 Å². The van der Waals surface area contributed by atoms with Crippen molar-refractivity contribution >= 4 is 64.2 Å². The minimum Gasteiger partial charge on any atom is -0.454 e. The summed E-state index contributed by atoms with van der Waals surface area (Å²) in [5.41, 5.74) is 5.95. The lowest BCUT2D eigenvalue weighted by Crippen LogP contribution is -2.01. The molecule has 0 N–H and O–H groups in total. The highest BCUT2D eigenvalue weighted by atomic mass is 32.1. The first kappa shape index (κ1) is 26.9. The first-order valence-corrected chi connectivity index (χ1v) is 16.6. The maximum atomic E-state index is 6.70. The number of hydrogen-bond acceptors (Lipinski definition) is 6. The molecule has 10 aromatic rings. The Bertz CT molecular complexity index is 2840. The molecule has 4 heterocycles. The van der Waals surface area contributed by atoms with E-state index < -0.39 is 0 Å². The number of thiophene rings is 1. The minimum atomic E-state index is 0.546. The smallest absolute Gasteiger partial charge is 0.166 e. The van der Waals surface area contributed by atoms with Crippen LogP contribution in [0.2, 0.25) is 0 Å². The van der Waals surface area contributed by atoms with E-state index in [0.717, 1.165) is 59.8 Å². The highest BCUT2D eigenvalue weighted by Gasteiger charge is 2.23. The summed E-state index contributed by atoms with van der Waals surface area (Å²) < 4.78 is 9.08. The van der Waals surface area contributed by atoms with Gasteiger partial charge in [-0.25, -0.2) is 15.0 Å². The average Bonchev–Trinajstić information content (AvgIpc) is 3.72. The van der Waals surface area contributed by atoms with Crippen molar-refractivity contribution in [2.24, 2.45) is 0 Å². The van der Waals surface area contributed by atoms with Gasteiger partial charge in [-0.05, 0) is 35.0 Å². The third kappa shape index (κ3) is 4.24. The van der Waals surface area contributed by atoms with Crippen molar-refractivity contribution in [3.05, 3.63) is 146 Å². The lowest BCUT2D eigenvalue weighted by atomic mass is 10.0. The molecule has 0 spiro atoms. The SMILES string of the molecule is c1ccc(-c2nc(-c3cccc4c3sc3ccccc34)nc(-c3cnc(-c4ccccc4)c4oc5cc6ccccc6cc5c34)n2)cc1. The predicted molar refractivity (Wildman–Crippen MR) is 197 cm³/mol. The number of nitrogens with zero attached hydrogens (tertiary/aromatic N) is 4. The molecule has 0 radical (unpaired) electrons. The number of benzene rings is 6. The molecule has 0 bridgehead atoms. The zero-order valence-corrected chi connectivity index (χ0v) is 26.3. The predicted octanol–water partition coefficient (Wildman–Crippen LogP) is 11.4. The number of rotatable bonds is 4. The lowest BCUT2D eigenvalue weighted by Gasteiger charge is -2.11. The minimum absolute atomic E-state index is 0.546. The van der Waals surface area contributed by atoms with Crippen LogP contribution in [0.4, 0.5) is 0 Å². The largest absolute Gasteiger partial charge is 0.454 e. The molecular formula is C42H24N4OS. The summed E-state index contributed by atoms with van der Waals surface area (Å²) in [7, 11) is 0. The molecule has 0 fully saturated rings. The van der Waals surface area contributed by atoms with Gasteiger partial charge in [-0.3, -0.25) is 4.98 Å². The summed E-state index contributed by atoms with van der Waals surface area (Å²) in [6, 6.07) is 47.8. The molecule has 0 aliphatic carbocycles. The molecule has 5 nitrogen and oxygen atoms in total. The summed E-state index contributed by atoms with van der Waals surface area (Å²) in [6.45, 7) is 0. The monoisotopic (exact) mass is 632 g/mol. The lowest BCUT2D eigenvalue weighted by molar-refractivity contribution is 0.669. The molecule has 0 atom stereocenters. The molecule has 10 rings (SSSR count). The Morgan fingerprint density at radius 3 is 1.96 bits per heavy atom. The summed E-state index contributed by atoms with van der Waals surface area (Å²) in [6.07, 6.45) is 1.89. The highest BCUT2D eigenvalue weighted by molar-refractivity contribution is 7.26. The maximum Gasteiger partial charge on any atom is 0.166 e. The molecule has 48 heavy (non-hydrogen) atoms. The molecular weight excluding hydrogens is 609 g/mol. The quantitative estimate of drug-likeness (QED) is 0.193. The molecule has 0 amide bonds. The van der Waals surface area contributed by atoms with E-state index in [9.17, 15) is 0 Å². The topological polar surface area (TPSA) is 64.7 Å². The Morgan fingerprint density at radius 1 is 0.500 bits per heavy atom. The van der Waals surface area contributed by atoms with Crippen LogP contribution in [0, 0.1) is 0 Å². The van der Waals surface area contributed by atoms with Gasteiger partial charge in [-0.2, -0.15) is 0 Å². The van der Waals surface area contributed by atoms with Crippen LogP contribution < -0.4 is 0 Å². The van der Waals surface area contributed by atoms with E-state index in [1.165, 1.54) is 15.5 Å². The normalized spacial score (nSPS) is 11.8. The average molecular weight is 633 g/mol. The van der Waals surface area contributed by atoms with Gasteiger partial charge < -0.3 is 4.42 Å². The fraction of sp³-hybridized carbons (Fsp3) is 0. The van der Waals surface area contributed by atoms with E-state index in [1.807, 2.05) is 60.8 Å².